The molecule has 0 atom stereocenters. The maximum Gasteiger partial charge on any atom is 0.125 e. The van der Waals surface area contributed by atoms with E-state index in [1.54, 1.807) is 7.11 Å². The zero-order valence-electron chi connectivity index (χ0n) is 20.6. The van der Waals surface area contributed by atoms with Crippen molar-refractivity contribution in [1.82, 2.24) is 0 Å². The van der Waals surface area contributed by atoms with E-state index >= 15 is 0 Å². The highest BCUT2D eigenvalue weighted by Gasteiger charge is 2.07. The van der Waals surface area contributed by atoms with Gasteiger partial charge in [0.1, 0.15) is 25.2 Å². The van der Waals surface area contributed by atoms with Gasteiger partial charge in [-0.15, -0.1) is 0 Å². The molecule has 0 heterocycles. The molecule has 0 fully saturated rings. The highest BCUT2D eigenvalue weighted by molar-refractivity contribution is 7.99. The monoisotopic (exact) mass is 469 g/mol. The smallest absolute Gasteiger partial charge is 0.125 e. The lowest BCUT2D eigenvalue weighted by Crippen LogP contribution is -2.08. The summed E-state index contributed by atoms with van der Waals surface area (Å²) in [5.41, 5.74) is 4.62. The van der Waals surface area contributed by atoms with Crippen LogP contribution in [0.4, 0.5) is 0 Å². The minimum Gasteiger partial charge on any atom is -0.493 e. The van der Waals surface area contributed by atoms with Crippen molar-refractivity contribution in [3.8, 4) is 11.5 Å². The molecule has 0 bridgehead atoms. The normalized spacial score (nSPS) is 11.7. The van der Waals surface area contributed by atoms with Crippen molar-refractivity contribution >= 4 is 17.5 Å². The van der Waals surface area contributed by atoms with Crippen molar-refractivity contribution in [1.29, 1.82) is 0 Å². The first-order valence-corrected chi connectivity index (χ1v) is 13.0. The van der Waals surface area contributed by atoms with Crippen LogP contribution in [0, 0.1) is 13.8 Å². The highest BCUT2D eigenvalue weighted by atomic mass is 32.2. The van der Waals surface area contributed by atoms with Gasteiger partial charge in [0.15, 0.2) is 0 Å². The number of hydrogen-bond acceptors (Lipinski definition) is 5. The Bertz CT molecular complexity index is 842. The Morgan fingerprint density at radius 2 is 1.70 bits per heavy atom. The maximum absolute atomic E-state index is 6.09. The Balaban J connectivity index is 1.59. The third-order valence-electron chi connectivity index (χ3n) is 5.19. The second kappa shape index (κ2) is 16.2. The van der Waals surface area contributed by atoms with Crippen LogP contribution in [0.3, 0.4) is 0 Å². The van der Waals surface area contributed by atoms with Crippen LogP contribution in [0.2, 0.25) is 0 Å². The van der Waals surface area contributed by atoms with Gasteiger partial charge in [0.05, 0.1) is 12.3 Å². The molecule has 0 radical (unpaired) electrons. The SMILES string of the molecule is C/C=C/COc1cc(C)c(OCCCCCCSC/C(Cc2ccccc2)=N/OC)c(C)c1. The number of unbranched alkanes of at least 4 members (excludes halogenated alkanes) is 3. The van der Waals surface area contributed by atoms with Crippen molar-refractivity contribution in [2.75, 3.05) is 31.8 Å². The highest BCUT2D eigenvalue weighted by Crippen LogP contribution is 2.28. The summed E-state index contributed by atoms with van der Waals surface area (Å²) in [7, 11) is 1.62. The van der Waals surface area contributed by atoms with E-state index in [2.05, 4.69) is 55.4 Å². The van der Waals surface area contributed by atoms with E-state index in [0.717, 1.165) is 59.3 Å². The zero-order valence-corrected chi connectivity index (χ0v) is 21.5. The van der Waals surface area contributed by atoms with Crippen molar-refractivity contribution in [2.45, 2.75) is 52.9 Å². The summed E-state index contributed by atoms with van der Waals surface area (Å²) in [4.78, 5) is 5.03. The summed E-state index contributed by atoms with van der Waals surface area (Å²) in [6.45, 7) is 7.52. The number of allylic oxidation sites excluding steroid dienone is 1. The number of nitrogens with zero attached hydrogens (tertiary/aromatic N) is 1. The Kier molecular flexibility index (Phi) is 13.2. The molecule has 0 saturated heterocycles. The van der Waals surface area contributed by atoms with Gasteiger partial charge >= 0.3 is 0 Å². The summed E-state index contributed by atoms with van der Waals surface area (Å²) in [5, 5.41) is 4.21. The Morgan fingerprint density at radius 1 is 0.970 bits per heavy atom. The predicted molar refractivity (Wildman–Crippen MR) is 142 cm³/mol. The number of hydrogen-bond donors (Lipinski definition) is 0. The molecule has 2 aromatic carbocycles. The molecular formula is C28H39NO3S. The van der Waals surface area contributed by atoms with Gasteiger partial charge in [-0.05, 0) is 68.2 Å². The molecule has 2 rings (SSSR count). The zero-order chi connectivity index (χ0) is 23.7. The first-order chi connectivity index (χ1) is 16.1. The first-order valence-electron chi connectivity index (χ1n) is 11.8. The van der Waals surface area contributed by atoms with Gasteiger partial charge in [-0.2, -0.15) is 11.8 Å². The van der Waals surface area contributed by atoms with Gasteiger partial charge in [0, 0.05) is 12.2 Å². The summed E-state index contributed by atoms with van der Waals surface area (Å²) in [6.07, 6.45) is 9.55. The molecule has 0 amide bonds. The van der Waals surface area contributed by atoms with Crippen LogP contribution in [0.5, 0.6) is 11.5 Å². The third kappa shape index (κ3) is 10.8. The van der Waals surface area contributed by atoms with Crippen LogP contribution in [0.25, 0.3) is 0 Å². The molecule has 2 aromatic rings. The largest absolute Gasteiger partial charge is 0.493 e. The molecule has 0 aliphatic rings. The molecule has 0 spiro atoms. The van der Waals surface area contributed by atoms with E-state index in [-0.39, 0.29) is 0 Å². The second-order valence-electron chi connectivity index (χ2n) is 8.08. The van der Waals surface area contributed by atoms with Crippen LogP contribution in [-0.4, -0.2) is 37.5 Å². The molecule has 0 saturated carbocycles. The standard InChI is InChI=1S/C28H39NO3S/c1-5-6-16-31-27-19-23(2)28(24(3)20-27)32-17-12-7-8-13-18-33-22-26(29-30-4)21-25-14-10-9-11-15-25/h5-6,9-11,14-15,19-20H,7-8,12-13,16-18,21-22H2,1-4H3/b6-5+,29-26+. The Morgan fingerprint density at radius 3 is 2.39 bits per heavy atom. The lowest BCUT2D eigenvalue weighted by molar-refractivity contribution is 0.212. The molecule has 180 valence electrons. The molecular weight excluding hydrogens is 430 g/mol. The molecule has 5 heteroatoms. The fourth-order valence-electron chi connectivity index (χ4n) is 3.56. The average molecular weight is 470 g/mol. The van der Waals surface area contributed by atoms with Crippen LogP contribution in [0.1, 0.15) is 49.3 Å². The minimum absolute atomic E-state index is 0.599. The predicted octanol–water partition coefficient (Wildman–Crippen LogP) is 7.18. The van der Waals surface area contributed by atoms with E-state index in [4.69, 9.17) is 14.3 Å². The molecule has 0 aliphatic carbocycles. The molecule has 0 aromatic heterocycles. The Hall–Kier alpha value is -2.40. The van der Waals surface area contributed by atoms with E-state index in [9.17, 15) is 0 Å². The fourth-order valence-corrected chi connectivity index (χ4v) is 4.50. The lowest BCUT2D eigenvalue weighted by atomic mass is 10.1. The molecule has 33 heavy (non-hydrogen) atoms. The van der Waals surface area contributed by atoms with Crippen molar-refractivity contribution in [3.05, 3.63) is 71.3 Å². The molecule has 0 aliphatic heterocycles. The fraction of sp³-hybridized carbons (Fsp3) is 0.464. The van der Waals surface area contributed by atoms with Gasteiger partial charge in [0.25, 0.3) is 0 Å². The number of aryl methyl sites for hydroxylation is 2. The molecule has 4 nitrogen and oxygen atoms in total. The minimum atomic E-state index is 0.599. The Labute approximate surface area is 204 Å². The van der Waals surface area contributed by atoms with Gasteiger partial charge in [-0.25, -0.2) is 0 Å². The summed E-state index contributed by atoms with van der Waals surface area (Å²) in [5.74, 6) is 3.95. The lowest BCUT2D eigenvalue weighted by Gasteiger charge is -2.14. The van der Waals surface area contributed by atoms with E-state index in [1.807, 2.05) is 36.9 Å². The van der Waals surface area contributed by atoms with Gasteiger partial charge in [-0.1, -0.05) is 60.5 Å². The number of ether oxygens (including phenoxy) is 2. The summed E-state index contributed by atoms with van der Waals surface area (Å²) in [6, 6.07) is 14.5. The van der Waals surface area contributed by atoms with Gasteiger partial charge in [0.2, 0.25) is 0 Å². The molecule has 0 unspecified atom stereocenters. The number of thioether (sulfide) groups is 1. The van der Waals surface area contributed by atoms with Crippen molar-refractivity contribution in [3.63, 3.8) is 0 Å². The number of oxime groups is 1. The van der Waals surface area contributed by atoms with Crippen LogP contribution < -0.4 is 9.47 Å². The van der Waals surface area contributed by atoms with E-state index < -0.39 is 0 Å². The van der Waals surface area contributed by atoms with E-state index in [1.165, 1.54) is 24.8 Å². The summed E-state index contributed by atoms with van der Waals surface area (Å²) < 4.78 is 11.8. The average Bonchev–Trinajstić information content (AvgIpc) is 2.80. The third-order valence-corrected chi connectivity index (χ3v) is 6.30. The topological polar surface area (TPSA) is 40.0 Å². The number of benzene rings is 2. The van der Waals surface area contributed by atoms with Crippen LogP contribution in [0.15, 0.2) is 59.8 Å². The van der Waals surface area contributed by atoms with E-state index in [0.29, 0.717) is 6.61 Å². The maximum atomic E-state index is 6.09. The van der Waals surface area contributed by atoms with Crippen molar-refractivity contribution in [2.24, 2.45) is 5.16 Å². The number of rotatable bonds is 16. The van der Waals surface area contributed by atoms with Crippen LogP contribution in [-0.2, 0) is 11.3 Å². The molecule has 0 N–H and O–H groups in total. The van der Waals surface area contributed by atoms with Crippen molar-refractivity contribution < 1.29 is 14.3 Å². The first kappa shape index (κ1) is 26.8. The summed E-state index contributed by atoms with van der Waals surface area (Å²) >= 11 is 1.94. The second-order valence-corrected chi connectivity index (χ2v) is 9.19. The van der Waals surface area contributed by atoms with Gasteiger partial charge in [-0.3, -0.25) is 0 Å². The quantitative estimate of drug-likeness (QED) is 0.113. The van der Waals surface area contributed by atoms with Gasteiger partial charge < -0.3 is 14.3 Å². The van der Waals surface area contributed by atoms with Crippen LogP contribution >= 0.6 is 11.8 Å².